The molecule has 0 aliphatic rings. The lowest BCUT2D eigenvalue weighted by Gasteiger charge is -2.07. The van der Waals surface area contributed by atoms with Crippen LogP contribution in [0.1, 0.15) is 22.2 Å². The number of hydrogen-bond acceptors (Lipinski definition) is 5. The molecular formula is C9H13N5S. The second kappa shape index (κ2) is 4.08. The number of aryl methyl sites for hydroxylation is 2. The number of aromatic nitrogens is 4. The second-order valence-electron chi connectivity index (χ2n) is 3.56. The van der Waals surface area contributed by atoms with Crippen LogP contribution in [0.3, 0.4) is 0 Å². The van der Waals surface area contributed by atoms with Crippen LogP contribution in [0, 0.1) is 6.92 Å². The standard InChI is InChI=1S/C9H13N5S/c1-6-9(15-13-12-6)8(10)3-7-4-11-14(2)5-7/h4-5,8H,3,10H2,1-2H3. The van der Waals surface area contributed by atoms with Crippen molar-refractivity contribution in [1.29, 1.82) is 0 Å². The molecule has 0 spiro atoms. The van der Waals surface area contributed by atoms with Crippen LogP contribution in [0.2, 0.25) is 0 Å². The summed E-state index contributed by atoms with van der Waals surface area (Å²) in [5.41, 5.74) is 8.14. The normalized spacial score (nSPS) is 13.0. The molecule has 0 aliphatic heterocycles. The molecule has 15 heavy (non-hydrogen) atoms. The molecule has 0 aromatic carbocycles. The summed E-state index contributed by atoms with van der Waals surface area (Å²) < 4.78 is 5.66. The van der Waals surface area contributed by atoms with Crippen molar-refractivity contribution in [2.45, 2.75) is 19.4 Å². The predicted octanol–water partition coefficient (Wildman–Crippen LogP) is 0.823. The summed E-state index contributed by atoms with van der Waals surface area (Å²) >= 11 is 1.37. The number of hydrogen-bond donors (Lipinski definition) is 1. The molecule has 0 radical (unpaired) electrons. The van der Waals surface area contributed by atoms with E-state index in [1.165, 1.54) is 11.5 Å². The molecule has 0 saturated carbocycles. The van der Waals surface area contributed by atoms with Crippen LogP contribution in [-0.4, -0.2) is 19.4 Å². The predicted molar refractivity (Wildman–Crippen MR) is 58.5 cm³/mol. The van der Waals surface area contributed by atoms with Crippen molar-refractivity contribution in [2.24, 2.45) is 12.8 Å². The molecule has 0 saturated heterocycles. The van der Waals surface area contributed by atoms with E-state index in [4.69, 9.17) is 5.73 Å². The summed E-state index contributed by atoms with van der Waals surface area (Å²) in [4.78, 5) is 1.05. The average molecular weight is 223 g/mol. The van der Waals surface area contributed by atoms with Crippen LogP contribution >= 0.6 is 11.5 Å². The highest BCUT2D eigenvalue weighted by Crippen LogP contribution is 2.20. The molecule has 2 aromatic rings. The highest BCUT2D eigenvalue weighted by Gasteiger charge is 2.13. The van der Waals surface area contributed by atoms with Gasteiger partial charge in [-0.2, -0.15) is 5.10 Å². The third-order valence-corrected chi connectivity index (χ3v) is 3.20. The molecule has 6 heteroatoms. The number of nitrogens with zero attached hydrogens (tertiary/aromatic N) is 4. The van der Waals surface area contributed by atoms with Gasteiger partial charge in [0.2, 0.25) is 0 Å². The lowest BCUT2D eigenvalue weighted by Crippen LogP contribution is -2.12. The van der Waals surface area contributed by atoms with Crippen molar-refractivity contribution in [3.05, 3.63) is 28.5 Å². The van der Waals surface area contributed by atoms with E-state index in [-0.39, 0.29) is 6.04 Å². The minimum Gasteiger partial charge on any atom is -0.323 e. The number of rotatable bonds is 3. The van der Waals surface area contributed by atoms with Gasteiger partial charge in [-0.15, -0.1) is 5.10 Å². The molecule has 5 nitrogen and oxygen atoms in total. The quantitative estimate of drug-likeness (QED) is 0.836. The first-order chi connectivity index (χ1) is 7.16. The molecule has 2 aromatic heterocycles. The van der Waals surface area contributed by atoms with Crippen molar-refractivity contribution in [1.82, 2.24) is 19.4 Å². The smallest absolute Gasteiger partial charge is 0.0772 e. The van der Waals surface area contributed by atoms with Gasteiger partial charge in [0.1, 0.15) is 0 Å². The Morgan fingerprint density at radius 3 is 2.93 bits per heavy atom. The van der Waals surface area contributed by atoms with E-state index in [2.05, 4.69) is 14.7 Å². The third-order valence-electron chi connectivity index (χ3n) is 2.24. The topological polar surface area (TPSA) is 69.6 Å². The van der Waals surface area contributed by atoms with E-state index >= 15 is 0 Å². The van der Waals surface area contributed by atoms with E-state index in [9.17, 15) is 0 Å². The van der Waals surface area contributed by atoms with Crippen LogP contribution in [-0.2, 0) is 13.5 Å². The number of nitrogens with two attached hydrogens (primary N) is 1. The van der Waals surface area contributed by atoms with Gasteiger partial charge in [-0.05, 0) is 30.4 Å². The second-order valence-corrected chi connectivity index (χ2v) is 4.34. The Balaban J connectivity index is 2.10. The van der Waals surface area contributed by atoms with Gasteiger partial charge in [0, 0.05) is 19.3 Å². The van der Waals surface area contributed by atoms with E-state index in [0.717, 1.165) is 22.6 Å². The van der Waals surface area contributed by atoms with E-state index in [0.29, 0.717) is 0 Å². The molecule has 0 aliphatic carbocycles. The van der Waals surface area contributed by atoms with Crippen LogP contribution in [0.4, 0.5) is 0 Å². The Labute approximate surface area is 92.1 Å². The Hall–Kier alpha value is -1.27. The molecular weight excluding hydrogens is 210 g/mol. The third kappa shape index (κ3) is 2.21. The fourth-order valence-corrected chi connectivity index (χ4v) is 2.14. The summed E-state index contributed by atoms with van der Waals surface area (Å²) in [6.45, 7) is 1.93. The Morgan fingerprint density at radius 2 is 2.40 bits per heavy atom. The zero-order chi connectivity index (χ0) is 10.8. The first-order valence-electron chi connectivity index (χ1n) is 4.69. The molecule has 2 heterocycles. The Kier molecular flexibility index (Phi) is 2.79. The van der Waals surface area contributed by atoms with E-state index in [1.807, 2.05) is 26.4 Å². The summed E-state index contributed by atoms with van der Waals surface area (Å²) in [6, 6.07) is -0.0331. The Morgan fingerprint density at radius 1 is 1.60 bits per heavy atom. The lowest BCUT2D eigenvalue weighted by molar-refractivity contribution is 0.725. The van der Waals surface area contributed by atoms with Crippen LogP contribution in [0.15, 0.2) is 12.4 Å². The van der Waals surface area contributed by atoms with Crippen molar-refractivity contribution >= 4 is 11.5 Å². The van der Waals surface area contributed by atoms with Crippen LogP contribution < -0.4 is 5.73 Å². The zero-order valence-electron chi connectivity index (χ0n) is 8.71. The van der Waals surface area contributed by atoms with Gasteiger partial charge in [-0.25, -0.2) is 0 Å². The molecule has 0 fully saturated rings. The maximum absolute atomic E-state index is 6.07. The fourth-order valence-electron chi connectivity index (χ4n) is 1.50. The van der Waals surface area contributed by atoms with Gasteiger partial charge in [0.05, 0.1) is 16.8 Å². The van der Waals surface area contributed by atoms with Gasteiger partial charge in [0.25, 0.3) is 0 Å². The van der Waals surface area contributed by atoms with E-state index < -0.39 is 0 Å². The summed E-state index contributed by atoms with van der Waals surface area (Å²) in [7, 11) is 1.90. The molecule has 80 valence electrons. The van der Waals surface area contributed by atoms with Crippen molar-refractivity contribution < 1.29 is 0 Å². The molecule has 1 atom stereocenters. The van der Waals surface area contributed by atoms with Crippen molar-refractivity contribution in [3.8, 4) is 0 Å². The molecule has 1 unspecified atom stereocenters. The molecule has 2 N–H and O–H groups in total. The van der Waals surface area contributed by atoms with Crippen molar-refractivity contribution in [3.63, 3.8) is 0 Å². The summed E-state index contributed by atoms with van der Waals surface area (Å²) in [6.07, 6.45) is 4.59. The fraction of sp³-hybridized carbons (Fsp3) is 0.444. The van der Waals surface area contributed by atoms with Crippen LogP contribution in [0.25, 0.3) is 0 Å². The maximum Gasteiger partial charge on any atom is 0.0772 e. The minimum atomic E-state index is -0.0331. The first kappa shape index (κ1) is 10.3. The maximum atomic E-state index is 6.07. The van der Waals surface area contributed by atoms with Crippen molar-refractivity contribution in [2.75, 3.05) is 0 Å². The lowest BCUT2D eigenvalue weighted by atomic mass is 10.1. The van der Waals surface area contributed by atoms with Gasteiger partial charge < -0.3 is 5.73 Å². The highest BCUT2D eigenvalue weighted by atomic mass is 32.1. The van der Waals surface area contributed by atoms with Gasteiger partial charge in [-0.1, -0.05) is 4.49 Å². The molecule has 2 rings (SSSR count). The highest BCUT2D eigenvalue weighted by molar-refractivity contribution is 7.05. The summed E-state index contributed by atoms with van der Waals surface area (Å²) in [5.74, 6) is 0. The summed E-state index contributed by atoms with van der Waals surface area (Å²) in [5, 5.41) is 8.06. The van der Waals surface area contributed by atoms with Gasteiger partial charge in [-0.3, -0.25) is 4.68 Å². The monoisotopic (exact) mass is 223 g/mol. The largest absolute Gasteiger partial charge is 0.323 e. The van der Waals surface area contributed by atoms with Gasteiger partial charge in [0.15, 0.2) is 0 Å². The molecule has 0 bridgehead atoms. The van der Waals surface area contributed by atoms with E-state index in [1.54, 1.807) is 4.68 Å². The first-order valence-corrected chi connectivity index (χ1v) is 5.46. The Bertz CT molecular complexity index is 447. The zero-order valence-corrected chi connectivity index (χ0v) is 9.53. The van der Waals surface area contributed by atoms with Gasteiger partial charge >= 0.3 is 0 Å². The molecule has 0 amide bonds. The van der Waals surface area contributed by atoms with Crippen LogP contribution in [0.5, 0.6) is 0 Å². The minimum absolute atomic E-state index is 0.0331. The average Bonchev–Trinajstić information content (AvgIpc) is 2.75. The SMILES string of the molecule is Cc1nnsc1C(N)Cc1cnn(C)c1.